The molecule has 1 N–H and O–H groups in total. The monoisotopic (exact) mass is 480 g/mol. The van der Waals surface area contributed by atoms with E-state index in [4.69, 9.17) is 20.9 Å². The first-order chi connectivity index (χ1) is 16.0. The molecular weight excluding hydrogens is 456 g/mol. The number of aromatic nitrogens is 1. The molecule has 1 aliphatic rings. The minimum atomic E-state index is -0.903. The SMILES string of the molecule is COc1ccc(C(O)=C2C(=O)C(=O)N(c3cc(C)on3)C2c2ccc(C(C)(C)C)cc2)cc1Cl. The summed E-state index contributed by atoms with van der Waals surface area (Å²) in [6, 6.07) is 12.9. The molecule has 0 saturated carbocycles. The Hall–Kier alpha value is -3.58. The van der Waals surface area contributed by atoms with E-state index in [1.54, 1.807) is 25.1 Å². The summed E-state index contributed by atoms with van der Waals surface area (Å²) >= 11 is 6.24. The summed E-state index contributed by atoms with van der Waals surface area (Å²) in [5, 5.41) is 15.4. The fraction of sp³-hybridized carbons (Fsp3) is 0.269. The van der Waals surface area contributed by atoms with E-state index in [-0.39, 0.29) is 33.2 Å². The number of hydrogen-bond acceptors (Lipinski definition) is 6. The van der Waals surface area contributed by atoms with Gasteiger partial charge >= 0.3 is 5.91 Å². The van der Waals surface area contributed by atoms with Crippen LogP contribution in [0, 0.1) is 6.92 Å². The quantitative estimate of drug-likeness (QED) is 0.298. The third-order valence-corrected chi connectivity index (χ3v) is 6.12. The Kier molecular flexibility index (Phi) is 6.00. The first-order valence-electron chi connectivity index (χ1n) is 10.7. The number of nitrogens with zero attached hydrogens (tertiary/aromatic N) is 2. The Morgan fingerprint density at radius 1 is 1.12 bits per heavy atom. The highest BCUT2D eigenvalue weighted by Crippen LogP contribution is 2.43. The molecule has 176 valence electrons. The van der Waals surface area contributed by atoms with E-state index in [9.17, 15) is 14.7 Å². The third kappa shape index (κ3) is 4.07. The van der Waals surface area contributed by atoms with E-state index in [2.05, 4.69) is 25.9 Å². The van der Waals surface area contributed by atoms with Crippen molar-refractivity contribution in [2.45, 2.75) is 39.2 Å². The van der Waals surface area contributed by atoms with Crippen molar-refractivity contribution in [1.29, 1.82) is 0 Å². The molecular formula is C26H25ClN2O5. The molecule has 8 heteroatoms. The maximum absolute atomic E-state index is 13.2. The van der Waals surface area contributed by atoms with Gasteiger partial charge in [-0.1, -0.05) is 61.8 Å². The normalized spacial score (nSPS) is 17.9. The minimum Gasteiger partial charge on any atom is -0.507 e. The predicted octanol–water partition coefficient (Wildman–Crippen LogP) is 5.57. The number of hydrogen-bond donors (Lipinski definition) is 1. The van der Waals surface area contributed by atoms with Crippen molar-refractivity contribution in [1.82, 2.24) is 5.16 Å². The summed E-state index contributed by atoms with van der Waals surface area (Å²) in [6.07, 6.45) is 0. The number of ketones is 1. The van der Waals surface area contributed by atoms with E-state index < -0.39 is 17.7 Å². The fourth-order valence-electron chi connectivity index (χ4n) is 3.99. The second-order valence-electron chi connectivity index (χ2n) is 9.19. The molecule has 3 aromatic rings. The highest BCUT2D eigenvalue weighted by Gasteiger charge is 2.48. The average Bonchev–Trinajstić information content (AvgIpc) is 3.33. The van der Waals surface area contributed by atoms with E-state index >= 15 is 0 Å². The van der Waals surface area contributed by atoms with Gasteiger partial charge in [-0.15, -0.1) is 0 Å². The summed E-state index contributed by atoms with van der Waals surface area (Å²) in [7, 11) is 1.48. The molecule has 7 nitrogen and oxygen atoms in total. The van der Waals surface area contributed by atoms with Gasteiger partial charge in [0.25, 0.3) is 5.78 Å². The molecule has 2 heterocycles. The minimum absolute atomic E-state index is 0.0598. The van der Waals surface area contributed by atoms with Crippen molar-refractivity contribution in [3.63, 3.8) is 0 Å². The van der Waals surface area contributed by atoms with Gasteiger partial charge in [-0.3, -0.25) is 14.5 Å². The van der Waals surface area contributed by atoms with Crippen molar-refractivity contribution < 1.29 is 24.0 Å². The lowest BCUT2D eigenvalue weighted by atomic mass is 9.85. The zero-order chi connectivity index (χ0) is 24.8. The number of benzene rings is 2. The zero-order valence-electron chi connectivity index (χ0n) is 19.5. The van der Waals surface area contributed by atoms with Crippen molar-refractivity contribution >= 4 is 34.9 Å². The van der Waals surface area contributed by atoms with E-state index in [1.807, 2.05) is 24.3 Å². The number of aliphatic hydroxyl groups is 1. The van der Waals surface area contributed by atoms with Gasteiger partial charge < -0.3 is 14.4 Å². The molecule has 1 amide bonds. The predicted molar refractivity (Wildman–Crippen MR) is 129 cm³/mol. The molecule has 34 heavy (non-hydrogen) atoms. The van der Waals surface area contributed by atoms with Crippen LogP contribution in [0.25, 0.3) is 5.76 Å². The van der Waals surface area contributed by atoms with Crippen molar-refractivity contribution in [3.05, 3.63) is 81.6 Å². The Morgan fingerprint density at radius 3 is 2.32 bits per heavy atom. The van der Waals surface area contributed by atoms with Crippen molar-refractivity contribution in [3.8, 4) is 5.75 Å². The van der Waals surface area contributed by atoms with Gasteiger partial charge in [-0.2, -0.15) is 0 Å². The smallest absolute Gasteiger partial charge is 0.301 e. The number of rotatable bonds is 4. The molecule has 2 aromatic carbocycles. The Morgan fingerprint density at radius 2 is 1.79 bits per heavy atom. The summed E-state index contributed by atoms with van der Waals surface area (Å²) in [4.78, 5) is 27.6. The molecule has 1 fully saturated rings. The molecule has 1 saturated heterocycles. The van der Waals surface area contributed by atoms with Gasteiger partial charge in [-0.25, -0.2) is 0 Å². The molecule has 0 bridgehead atoms. The van der Waals surface area contributed by atoms with Crippen LogP contribution in [0.2, 0.25) is 5.02 Å². The standard InChI is InChI=1S/C26H25ClN2O5/c1-14-12-20(28-34-14)29-22(15-6-9-17(10-7-15)26(2,3)4)21(24(31)25(29)32)23(30)16-8-11-19(33-5)18(27)13-16/h6-13,22,30H,1-5H3. The maximum Gasteiger partial charge on any atom is 0.301 e. The van der Waals surface area contributed by atoms with Crippen LogP contribution >= 0.6 is 11.6 Å². The van der Waals surface area contributed by atoms with Gasteiger partial charge in [0.1, 0.15) is 17.3 Å². The lowest BCUT2D eigenvalue weighted by Crippen LogP contribution is -2.29. The molecule has 1 aromatic heterocycles. The molecule has 0 spiro atoms. The lowest BCUT2D eigenvalue weighted by Gasteiger charge is -2.24. The second-order valence-corrected chi connectivity index (χ2v) is 9.59. The molecule has 1 unspecified atom stereocenters. The first kappa shape index (κ1) is 23.6. The first-order valence-corrected chi connectivity index (χ1v) is 11.1. The Labute approximate surface area is 202 Å². The highest BCUT2D eigenvalue weighted by atomic mass is 35.5. The maximum atomic E-state index is 13.2. The summed E-state index contributed by atoms with van der Waals surface area (Å²) < 4.78 is 10.3. The molecule has 0 radical (unpaired) electrons. The number of halogens is 1. The summed E-state index contributed by atoms with van der Waals surface area (Å²) in [5.74, 6) is -0.868. The third-order valence-electron chi connectivity index (χ3n) is 5.82. The average molecular weight is 481 g/mol. The summed E-state index contributed by atoms with van der Waals surface area (Å²) in [5.41, 5.74) is 1.89. The largest absolute Gasteiger partial charge is 0.507 e. The Balaban J connectivity index is 1.91. The number of anilines is 1. The van der Waals surface area contributed by atoms with Gasteiger partial charge in [-0.05, 0) is 41.7 Å². The van der Waals surface area contributed by atoms with Crippen LogP contribution in [0.1, 0.15) is 49.3 Å². The van der Waals surface area contributed by atoms with E-state index in [0.717, 1.165) is 5.56 Å². The van der Waals surface area contributed by atoms with E-state index in [1.165, 1.54) is 18.1 Å². The van der Waals surface area contributed by atoms with Crippen LogP contribution in [-0.2, 0) is 15.0 Å². The van der Waals surface area contributed by atoms with Gasteiger partial charge in [0.05, 0.1) is 23.7 Å². The van der Waals surface area contributed by atoms with Gasteiger partial charge in [0, 0.05) is 11.6 Å². The number of Topliss-reactive ketones (excluding diaryl/α,β-unsaturated/α-hetero) is 1. The fourth-order valence-corrected chi connectivity index (χ4v) is 4.24. The zero-order valence-corrected chi connectivity index (χ0v) is 20.3. The van der Waals surface area contributed by atoms with Gasteiger partial charge in [0.15, 0.2) is 5.82 Å². The van der Waals surface area contributed by atoms with Crippen LogP contribution < -0.4 is 9.64 Å². The number of carbonyl (C=O) groups excluding carboxylic acids is 2. The van der Waals surface area contributed by atoms with Crippen molar-refractivity contribution in [2.75, 3.05) is 12.0 Å². The van der Waals surface area contributed by atoms with Crippen LogP contribution in [0.4, 0.5) is 5.82 Å². The number of methoxy groups -OCH3 is 1. The molecule has 1 atom stereocenters. The number of aliphatic hydroxyl groups excluding tert-OH is 1. The topological polar surface area (TPSA) is 92.9 Å². The van der Waals surface area contributed by atoms with Crippen LogP contribution in [0.15, 0.2) is 58.6 Å². The van der Waals surface area contributed by atoms with Crippen LogP contribution in [-0.4, -0.2) is 29.1 Å². The number of carbonyl (C=O) groups is 2. The van der Waals surface area contributed by atoms with E-state index in [0.29, 0.717) is 17.1 Å². The summed E-state index contributed by atoms with van der Waals surface area (Å²) in [6.45, 7) is 7.98. The van der Waals surface area contributed by atoms with Crippen LogP contribution in [0.3, 0.4) is 0 Å². The van der Waals surface area contributed by atoms with Crippen molar-refractivity contribution in [2.24, 2.45) is 0 Å². The number of aryl methyl sites for hydroxylation is 1. The molecule has 0 aliphatic carbocycles. The number of ether oxygens (including phenoxy) is 1. The lowest BCUT2D eigenvalue weighted by molar-refractivity contribution is -0.132. The molecule has 1 aliphatic heterocycles. The number of amides is 1. The second kappa shape index (κ2) is 8.65. The Bertz CT molecular complexity index is 1300. The highest BCUT2D eigenvalue weighted by molar-refractivity contribution is 6.51. The molecule has 4 rings (SSSR count). The van der Waals surface area contributed by atoms with Gasteiger partial charge in [0.2, 0.25) is 0 Å². The van der Waals surface area contributed by atoms with Crippen LogP contribution in [0.5, 0.6) is 5.75 Å².